The maximum atomic E-state index is 11.9. The summed E-state index contributed by atoms with van der Waals surface area (Å²) in [6.07, 6.45) is 0. The fourth-order valence-electron chi connectivity index (χ4n) is 1.58. The van der Waals surface area contributed by atoms with Crippen LogP contribution >= 0.6 is 0 Å². The van der Waals surface area contributed by atoms with Gasteiger partial charge in [-0.3, -0.25) is 0 Å². The van der Waals surface area contributed by atoms with E-state index in [9.17, 15) is 9.90 Å². The van der Waals surface area contributed by atoms with Gasteiger partial charge in [0, 0.05) is 11.8 Å². The Balaban J connectivity index is 2.26. The molecule has 2 aromatic rings. The second-order valence-electron chi connectivity index (χ2n) is 3.82. The van der Waals surface area contributed by atoms with Crippen LogP contribution in [0.25, 0.3) is 0 Å². The van der Waals surface area contributed by atoms with E-state index in [1.165, 1.54) is 25.3 Å². The Morgan fingerprint density at radius 3 is 2.47 bits per heavy atom. The molecule has 5 nitrogen and oxygen atoms in total. The molecule has 0 aliphatic carbocycles. The third-order valence-corrected chi connectivity index (χ3v) is 2.51. The van der Waals surface area contributed by atoms with Gasteiger partial charge in [0.25, 0.3) is 0 Å². The van der Waals surface area contributed by atoms with Crippen molar-refractivity contribution < 1.29 is 19.4 Å². The summed E-state index contributed by atoms with van der Waals surface area (Å²) in [7, 11) is 1.48. The Morgan fingerprint density at radius 2 is 1.84 bits per heavy atom. The van der Waals surface area contributed by atoms with E-state index in [1.54, 1.807) is 24.3 Å². The number of aromatic hydroxyl groups is 1. The van der Waals surface area contributed by atoms with Gasteiger partial charge in [-0.2, -0.15) is 0 Å². The molecule has 0 amide bonds. The standard InChI is InChI=1S/C14H13NO4/c1-18-12-4-2-3-5-13(12)19-14(17)10-7-6-9(15)8-11(10)16/h2-8,16H,15H2,1H3. The second kappa shape index (κ2) is 5.30. The summed E-state index contributed by atoms with van der Waals surface area (Å²) in [5.41, 5.74) is 5.90. The van der Waals surface area contributed by atoms with E-state index in [1.807, 2.05) is 0 Å². The van der Waals surface area contributed by atoms with Crippen LogP contribution in [0.2, 0.25) is 0 Å². The summed E-state index contributed by atoms with van der Waals surface area (Å²) in [5, 5.41) is 9.65. The highest BCUT2D eigenvalue weighted by Gasteiger charge is 2.15. The van der Waals surface area contributed by atoms with Crippen molar-refractivity contribution in [2.24, 2.45) is 0 Å². The van der Waals surface area contributed by atoms with E-state index in [-0.39, 0.29) is 17.1 Å². The van der Waals surface area contributed by atoms with Gasteiger partial charge in [0.05, 0.1) is 7.11 Å². The number of carbonyl (C=O) groups excluding carboxylic acids is 1. The lowest BCUT2D eigenvalue weighted by Crippen LogP contribution is -2.09. The number of phenolic OH excluding ortho intramolecular Hbond substituents is 1. The number of para-hydroxylation sites is 2. The molecule has 0 unspecified atom stereocenters. The molecule has 0 saturated carbocycles. The Bertz CT molecular complexity index is 610. The number of hydrogen-bond acceptors (Lipinski definition) is 5. The minimum atomic E-state index is -0.679. The highest BCUT2D eigenvalue weighted by atomic mass is 16.6. The number of ether oxygens (including phenoxy) is 2. The average molecular weight is 259 g/mol. The van der Waals surface area contributed by atoms with Gasteiger partial charge in [0.2, 0.25) is 0 Å². The van der Waals surface area contributed by atoms with Gasteiger partial charge in [0.15, 0.2) is 11.5 Å². The number of rotatable bonds is 3. The Hall–Kier alpha value is -2.69. The van der Waals surface area contributed by atoms with Crippen molar-refractivity contribution in [3.63, 3.8) is 0 Å². The number of nitrogen functional groups attached to an aromatic ring is 1. The van der Waals surface area contributed by atoms with E-state index in [0.29, 0.717) is 11.4 Å². The van der Waals surface area contributed by atoms with Crippen LogP contribution in [0, 0.1) is 0 Å². The second-order valence-corrected chi connectivity index (χ2v) is 3.82. The summed E-state index contributed by atoms with van der Waals surface area (Å²) in [6, 6.07) is 11.0. The van der Waals surface area contributed by atoms with Crippen molar-refractivity contribution in [2.75, 3.05) is 12.8 Å². The van der Waals surface area contributed by atoms with Crippen LogP contribution in [0.15, 0.2) is 42.5 Å². The molecule has 0 aliphatic rings. The third-order valence-electron chi connectivity index (χ3n) is 2.51. The minimum absolute atomic E-state index is 0.0418. The van der Waals surface area contributed by atoms with Crippen LogP contribution in [0.4, 0.5) is 5.69 Å². The van der Waals surface area contributed by atoms with Gasteiger partial charge >= 0.3 is 5.97 Å². The number of esters is 1. The molecule has 0 spiro atoms. The van der Waals surface area contributed by atoms with Crippen LogP contribution in [0.1, 0.15) is 10.4 Å². The van der Waals surface area contributed by atoms with Gasteiger partial charge in [-0.15, -0.1) is 0 Å². The van der Waals surface area contributed by atoms with E-state index < -0.39 is 5.97 Å². The number of benzene rings is 2. The molecule has 2 aromatic carbocycles. The number of hydrogen-bond donors (Lipinski definition) is 2. The van der Waals surface area contributed by atoms with E-state index in [2.05, 4.69) is 0 Å². The zero-order chi connectivity index (χ0) is 13.8. The summed E-state index contributed by atoms with van der Waals surface area (Å²) in [4.78, 5) is 11.9. The Labute approximate surface area is 110 Å². The first-order valence-electron chi connectivity index (χ1n) is 5.55. The normalized spacial score (nSPS) is 9.95. The number of methoxy groups -OCH3 is 1. The lowest BCUT2D eigenvalue weighted by molar-refractivity contribution is 0.0726. The first-order valence-corrected chi connectivity index (χ1v) is 5.55. The van der Waals surface area contributed by atoms with Gasteiger partial charge in [-0.25, -0.2) is 4.79 Å². The molecule has 98 valence electrons. The summed E-state index contributed by atoms with van der Waals surface area (Å²) >= 11 is 0. The van der Waals surface area contributed by atoms with Crippen LogP contribution in [-0.4, -0.2) is 18.2 Å². The SMILES string of the molecule is COc1ccccc1OC(=O)c1ccc(N)cc1O. The monoisotopic (exact) mass is 259 g/mol. The summed E-state index contributed by atoms with van der Waals surface area (Å²) in [6.45, 7) is 0. The maximum absolute atomic E-state index is 11.9. The van der Waals surface area contributed by atoms with Gasteiger partial charge in [0.1, 0.15) is 11.3 Å². The van der Waals surface area contributed by atoms with Crippen LogP contribution in [0.5, 0.6) is 17.2 Å². The highest BCUT2D eigenvalue weighted by molar-refractivity contribution is 5.94. The fourth-order valence-corrected chi connectivity index (χ4v) is 1.58. The minimum Gasteiger partial charge on any atom is -0.507 e. The lowest BCUT2D eigenvalue weighted by Gasteiger charge is -2.09. The molecule has 0 bridgehead atoms. The zero-order valence-corrected chi connectivity index (χ0v) is 10.3. The van der Waals surface area contributed by atoms with E-state index in [0.717, 1.165) is 0 Å². The first kappa shape index (κ1) is 12.8. The van der Waals surface area contributed by atoms with Crippen molar-refractivity contribution in [2.45, 2.75) is 0 Å². The van der Waals surface area contributed by atoms with E-state index >= 15 is 0 Å². The third kappa shape index (κ3) is 2.77. The van der Waals surface area contributed by atoms with Gasteiger partial charge < -0.3 is 20.3 Å². The largest absolute Gasteiger partial charge is 0.507 e. The number of carbonyl (C=O) groups is 1. The average Bonchev–Trinajstić information content (AvgIpc) is 2.39. The molecule has 2 rings (SSSR count). The number of nitrogens with two attached hydrogens (primary N) is 1. The maximum Gasteiger partial charge on any atom is 0.347 e. The molecular formula is C14H13NO4. The predicted molar refractivity (Wildman–Crippen MR) is 70.5 cm³/mol. The molecular weight excluding hydrogens is 246 g/mol. The quantitative estimate of drug-likeness (QED) is 0.501. The fraction of sp³-hybridized carbons (Fsp3) is 0.0714. The van der Waals surface area contributed by atoms with Gasteiger partial charge in [-0.05, 0) is 24.3 Å². The molecule has 0 saturated heterocycles. The van der Waals surface area contributed by atoms with Crippen molar-refractivity contribution in [3.05, 3.63) is 48.0 Å². The van der Waals surface area contributed by atoms with Gasteiger partial charge in [-0.1, -0.05) is 12.1 Å². The highest BCUT2D eigenvalue weighted by Crippen LogP contribution is 2.28. The molecule has 0 aliphatic heterocycles. The van der Waals surface area contributed by atoms with Crippen LogP contribution in [0.3, 0.4) is 0 Å². The molecule has 3 N–H and O–H groups in total. The molecule has 5 heteroatoms. The van der Waals surface area contributed by atoms with Crippen molar-refractivity contribution in [1.29, 1.82) is 0 Å². The molecule has 0 radical (unpaired) electrons. The Kier molecular flexibility index (Phi) is 3.56. The summed E-state index contributed by atoms with van der Waals surface area (Å²) in [5.74, 6) is -0.182. The Morgan fingerprint density at radius 1 is 1.16 bits per heavy atom. The summed E-state index contributed by atoms with van der Waals surface area (Å²) < 4.78 is 10.3. The topological polar surface area (TPSA) is 81.8 Å². The molecule has 0 atom stereocenters. The van der Waals surface area contributed by atoms with Crippen molar-refractivity contribution in [1.82, 2.24) is 0 Å². The first-order chi connectivity index (χ1) is 9.11. The number of anilines is 1. The van der Waals surface area contributed by atoms with E-state index in [4.69, 9.17) is 15.2 Å². The molecule has 0 fully saturated rings. The molecule has 19 heavy (non-hydrogen) atoms. The lowest BCUT2D eigenvalue weighted by atomic mass is 10.2. The number of phenols is 1. The molecule has 0 aromatic heterocycles. The zero-order valence-electron chi connectivity index (χ0n) is 10.3. The van der Waals surface area contributed by atoms with Crippen LogP contribution < -0.4 is 15.2 Å². The predicted octanol–water partition coefficient (Wildman–Crippen LogP) is 2.20. The molecule has 0 heterocycles. The van der Waals surface area contributed by atoms with Crippen LogP contribution in [-0.2, 0) is 0 Å². The van der Waals surface area contributed by atoms with Crippen molar-refractivity contribution >= 4 is 11.7 Å². The van der Waals surface area contributed by atoms with Crippen molar-refractivity contribution in [3.8, 4) is 17.2 Å². The smallest absolute Gasteiger partial charge is 0.347 e.